The van der Waals surface area contributed by atoms with Crippen molar-refractivity contribution < 1.29 is 18.7 Å². The van der Waals surface area contributed by atoms with Gasteiger partial charge >= 0.3 is 5.97 Å². The zero-order chi connectivity index (χ0) is 15.4. The summed E-state index contributed by atoms with van der Waals surface area (Å²) in [5.41, 5.74) is 6.85. The summed E-state index contributed by atoms with van der Waals surface area (Å²) in [5, 5.41) is 0. The van der Waals surface area contributed by atoms with Gasteiger partial charge in [0.25, 0.3) is 0 Å². The van der Waals surface area contributed by atoms with Crippen molar-refractivity contribution in [2.45, 2.75) is 6.61 Å². The average molecular weight is 354 g/mol. The molecule has 2 aromatic rings. The number of anilines is 1. The lowest BCUT2D eigenvalue weighted by Gasteiger charge is -2.11. The molecule has 2 rings (SSSR count). The Hall–Kier alpha value is -2.08. The highest BCUT2D eigenvalue weighted by atomic mass is 79.9. The minimum atomic E-state index is -0.491. The van der Waals surface area contributed by atoms with Gasteiger partial charge < -0.3 is 15.2 Å². The molecule has 0 aliphatic heterocycles. The van der Waals surface area contributed by atoms with Crippen molar-refractivity contribution in [1.29, 1.82) is 0 Å². The molecule has 0 spiro atoms. The van der Waals surface area contributed by atoms with Crippen LogP contribution < -0.4 is 10.5 Å². The van der Waals surface area contributed by atoms with Crippen molar-refractivity contribution in [3.05, 3.63) is 57.8 Å². The normalized spacial score (nSPS) is 10.2. The maximum Gasteiger partial charge on any atom is 0.337 e. The predicted molar refractivity (Wildman–Crippen MR) is 80.6 cm³/mol. The molecule has 0 fully saturated rings. The van der Waals surface area contributed by atoms with Gasteiger partial charge in [-0.05, 0) is 30.3 Å². The van der Waals surface area contributed by atoms with Crippen LogP contribution in [0.1, 0.15) is 15.9 Å². The van der Waals surface area contributed by atoms with Crippen LogP contribution in [-0.4, -0.2) is 13.1 Å². The Balaban J connectivity index is 2.17. The Morgan fingerprint density at radius 3 is 2.71 bits per heavy atom. The topological polar surface area (TPSA) is 61.5 Å². The molecule has 4 nitrogen and oxygen atoms in total. The SMILES string of the molecule is COC(=O)c1ccc(N)c(OCc2ccc(Br)cc2F)c1. The highest BCUT2D eigenvalue weighted by molar-refractivity contribution is 9.10. The molecular formula is C15H13BrFNO3. The summed E-state index contributed by atoms with van der Waals surface area (Å²) in [6.07, 6.45) is 0. The summed E-state index contributed by atoms with van der Waals surface area (Å²) in [6, 6.07) is 9.23. The number of esters is 1. The first-order valence-electron chi connectivity index (χ1n) is 6.06. The molecule has 0 atom stereocenters. The smallest absolute Gasteiger partial charge is 0.337 e. The number of carbonyl (C=O) groups is 1. The minimum absolute atomic E-state index is 0.00788. The first-order chi connectivity index (χ1) is 10.0. The minimum Gasteiger partial charge on any atom is -0.487 e. The monoisotopic (exact) mass is 353 g/mol. The zero-order valence-electron chi connectivity index (χ0n) is 11.2. The molecule has 6 heteroatoms. The molecule has 0 heterocycles. The average Bonchev–Trinajstić information content (AvgIpc) is 2.47. The third-order valence-electron chi connectivity index (χ3n) is 2.83. The number of methoxy groups -OCH3 is 1. The van der Waals surface area contributed by atoms with E-state index < -0.39 is 5.97 Å². The number of nitrogen functional groups attached to an aromatic ring is 1. The van der Waals surface area contributed by atoms with Crippen LogP contribution in [0.4, 0.5) is 10.1 Å². The first kappa shape index (κ1) is 15.3. The fraction of sp³-hybridized carbons (Fsp3) is 0.133. The maximum absolute atomic E-state index is 13.7. The summed E-state index contributed by atoms with van der Waals surface area (Å²) in [4.78, 5) is 11.5. The molecule has 0 saturated heterocycles. The fourth-order valence-electron chi connectivity index (χ4n) is 1.70. The Bertz CT molecular complexity index is 676. The summed E-state index contributed by atoms with van der Waals surface area (Å²) < 4.78 is 24.5. The molecule has 0 aromatic heterocycles. The van der Waals surface area contributed by atoms with Crippen molar-refractivity contribution in [2.75, 3.05) is 12.8 Å². The van der Waals surface area contributed by atoms with E-state index in [0.29, 0.717) is 27.0 Å². The fourth-order valence-corrected chi connectivity index (χ4v) is 2.03. The molecule has 110 valence electrons. The predicted octanol–water partition coefficient (Wildman–Crippen LogP) is 3.54. The van der Waals surface area contributed by atoms with E-state index in [1.165, 1.54) is 25.3 Å². The van der Waals surface area contributed by atoms with Crippen molar-refractivity contribution in [3.8, 4) is 5.75 Å². The van der Waals surface area contributed by atoms with Gasteiger partial charge in [-0.25, -0.2) is 9.18 Å². The molecule has 0 radical (unpaired) electrons. The van der Waals surface area contributed by atoms with Crippen LogP contribution in [0, 0.1) is 5.82 Å². The highest BCUT2D eigenvalue weighted by Crippen LogP contribution is 2.25. The molecule has 0 amide bonds. The first-order valence-corrected chi connectivity index (χ1v) is 6.85. The lowest BCUT2D eigenvalue weighted by Crippen LogP contribution is -2.05. The van der Waals surface area contributed by atoms with E-state index in [2.05, 4.69) is 20.7 Å². The Kier molecular flexibility index (Phi) is 4.80. The van der Waals surface area contributed by atoms with E-state index >= 15 is 0 Å². The maximum atomic E-state index is 13.7. The van der Waals surface area contributed by atoms with E-state index in [-0.39, 0.29) is 12.4 Å². The van der Waals surface area contributed by atoms with Gasteiger partial charge in [-0.1, -0.05) is 22.0 Å². The standard InChI is InChI=1S/C15H13BrFNO3/c1-20-15(19)9-3-5-13(18)14(6-9)21-8-10-2-4-11(16)7-12(10)17/h2-7H,8,18H2,1H3. The van der Waals surface area contributed by atoms with E-state index in [1.807, 2.05) is 0 Å². The van der Waals surface area contributed by atoms with E-state index in [9.17, 15) is 9.18 Å². The lowest BCUT2D eigenvalue weighted by molar-refractivity contribution is 0.0600. The molecule has 0 aliphatic carbocycles. The molecule has 0 unspecified atom stereocenters. The van der Waals surface area contributed by atoms with E-state index in [4.69, 9.17) is 10.5 Å². The number of halogens is 2. The molecular weight excluding hydrogens is 341 g/mol. The molecule has 21 heavy (non-hydrogen) atoms. The van der Waals surface area contributed by atoms with Gasteiger partial charge in [0.15, 0.2) is 0 Å². The largest absolute Gasteiger partial charge is 0.487 e. The Morgan fingerprint density at radius 1 is 1.29 bits per heavy atom. The van der Waals surface area contributed by atoms with Crippen LogP contribution in [-0.2, 0) is 11.3 Å². The molecule has 0 aliphatic rings. The quantitative estimate of drug-likeness (QED) is 0.674. The molecule has 2 aromatic carbocycles. The second-order valence-corrected chi connectivity index (χ2v) is 5.18. The molecule has 0 bridgehead atoms. The number of ether oxygens (including phenoxy) is 2. The van der Waals surface area contributed by atoms with Gasteiger partial charge in [0.1, 0.15) is 18.2 Å². The third-order valence-corrected chi connectivity index (χ3v) is 3.33. The van der Waals surface area contributed by atoms with Crippen molar-refractivity contribution in [2.24, 2.45) is 0 Å². The van der Waals surface area contributed by atoms with Gasteiger partial charge in [-0.2, -0.15) is 0 Å². The summed E-state index contributed by atoms with van der Waals surface area (Å²) >= 11 is 3.19. The highest BCUT2D eigenvalue weighted by Gasteiger charge is 2.10. The summed E-state index contributed by atoms with van der Waals surface area (Å²) in [7, 11) is 1.29. The van der Waals surface area contributed by atoms with E-state index in [1.54, 1.807) is 18.2 Å². The van der Waals surface area contributed by atoms with Crippen molar-refractivity contribution in [3.63, 3.8) is 0 Å². The number of hydrogen-bond donors (Lipinski definition) is 1. The third kappa shape index (κ3) is 3.72. The number of benzene rings is 2. The van der Waals surface area contributed by atoms with Crippen LogP contribution in [0.3, 0.4) is 0 Å². The molecule has 0 saturated carbocycles. The number of rotatable bonds is 4. The second kappa shape index (κ2) is 6.58. The number of nitrogens with two attached hydrogens (primary N) is 1. The van der Waals surface area contributed by atoms with Gasteiger partial charge in [0, 0.05) is 10.0 Å². The van der Waals surface area contributed by atoms with Gasteiger partial charge in [0.2, 0.25) is 0 Å². The van der Waals surface area contributed by atoms with Crippen molar-refractivity contribution in [1.82, 2.24) is 0 Å². The molecule has 2 N–H and O–H groups in total. The van der Waals surface area contributed by atoms with E-state index in [0.717, 1.165) is 0 Å². The van der Waals surface area contributed by atoms with Gasteiger partial charge in [-0.3, -0.25) is 0 Å². The Labute approximate surface area is 129 Å². The van der Waals surface area contributed by atoms with Crippen LogP contribution in [0.2, 0.25) is 0 Å². The lowest BCUT2D eigenvalue weighted by atomic mass is 10.2. The van der Waals surface area contributed by atoms with Crippen LogP contribution in [0.5, 0.6) is 5.75 Å². The zero-order valence-corrected chi connectivity index (χ0v) is 12.8. The van der Waals surface area contributed by atoms with Crippen molar-refractivity contribution >= 4 is 27.6 Å². The summed E-state index contributed by atoms with van der Waals surface area (Å²) in [5.74, 6) is -0.568. The summed E-state index contributed by atoms with van der Waals surface area (Å²) in [6.45, 7) is 0.00788. The second-order valence-electron chi connectivity index (χ2n) is 4.27. The van der Waals surface area contributed by atoms with Crippen LogP contribution in [0.25, 0.3) is 0 Å². The van der Waals surface area contributed by atoms with Crippen LogP contribution >= 0.6 is 15.9 Å². The van der Waals surface area contributed by atoms with Crippen LogP contribution in [0.15, 0.2) is 40.9 Å². The van der Waals surface area contributed by atoms with Gasteiger partial charge in [0.05, 0.1) is 18.4 Å². The number of hydrogen-bond acceptors (Lipinski definition) is 4. The Morgan fingerprint density at radius 2 is 2.05 bits per heavy atom. The van der Waals surface area contributed by atoms with Gasteiger partial charge in [-0.15, -0.1) is 0 Å². The number of carbonyl (C=O) groups excluding carboxylic acids is 1.